The Morgan fingerprint density at radius 3 is 2.76 bits per heavy atom. The van der Waals surface area contributed by atoms with Gasteiger partial charge in [-0.25, -0.2) is 4.39 Å². The van der Waals surface area contributed by atoms with Crippen molar-refractivity contribution in [1.29, 1.82) is 0 Å². The van der Waals surface area contributed by atoms with Gasteiger partial charge in [0.1, 0.15) is 5.82 Å². The fourth-order valence-corrected chi connectivity index (χ4v) is 2.20. The number of benzene rings is 1. The lowest BCUT2D eigenvalue weighted by Gasteiger charge is -2.06. The first-order valence-corrected chi connectivity index (χ1v) is 9.16. The highest BCUT2D eigenvalue weighted by atomic mass is 127. The van der Waals surface area contributed by atoms with Gasteiger partial charge < -0.3 is 4.74 Å². The van der Waals surface area contributed by atoms with Crippen molar-refractivity contribution in [2.45, 2.75) is 25.6 Å². The summed E-state index contributed by atoms with van der Waals surface area (Å²) in [6.07, 6.45) is 0.0122. The predicted molar refractivity (Wildman–Crippen MR) is 76.1 cm³/mol. The molecule has 1 aromatic carbocycles. The molecule has 0 spiro atoms. The van der Waals surface area contributed by atoms with Gasteiger partial charge in [-0.2, -0.15) is 0 Å². The van der Waals surface area contributed by atoms with E-state index < -0.39 is 0 Å². The summed E-state index contributed by atoms with van der Waals surface area (Å²) in [6.45, 7) is 4.78. The van der Waals surface area contributed by atoms with Crippen LogP contribution < -0.4 is 0 Å². The number of ether oxygens (including phenoxy) is 1. The van der Waals surface area contributed by atoms with Crippen LogP contribution in [0.2, 0.25) is 19.1 Å². The lowest BCUT2D eigenvalue weighted by Crippen LogP contribution is -2.13. The molecule has 0 atom stereocenters. The molecule has 0 unspecified atom stereocenters. The summed E-state index contributed by atoms with van der Waals surface area (Å²) < 4.78 is 19.3. The van der Waals surface area contributed by atoms with Crippen LogP contribution in [0, 0.1) is 9.39 Å². The molecule has 1 rings (SSSR count). The zero-order chi connectivity index (χ0) is 12.8. The van der Waals surface area contributed by atoms with Gasteiger partial charge in [0.15, 0.2) is 0 Å². The van der Waals surface area contributed by atoms with E-state index in [1.54, 1.807) is 12.1 Å². The van der Waals surface area contributed by atoms with Crippen molar-refractivity contribution in [1.82, 2.24) is 0 Å². The van der Waals surface area contributed by atoms with Crippen molar-refractivity contribution in [2.24, 2.45) is 0 Å². The first kappa shape index (κ1) is 14.6. The van der Waals surface area contributed by atoms with E-state index in [0.29, 0.717) is 12.2 Å². The fraction of sp³-hybridized carbons (Fsp3) is 0.417. The van der Waals surface area contributed by atoms with E-state index in [-0.39, 0.29) is 27.0 Å². The van der Waals surface area contributed by atoms with E-state index in [2.05, 4.69) is 13.1 Å². The van der Waals surface area contributed by atoms with Crippen LogP contribution in [-0.4, -0.2) is 21.4 Å². The average Bonchev–Trinajstić information content (AvgIpc) is 2.21. The third-order valence-corrected chi connectivity index (χ3v) is 4.09. The summed E-state index contributed by atoms with van der Waals surface area (Å²) in [6, 6.07) is 5.77. The Morgan fingerprint density at radius 1 is 1.47 bits per heavy atom. The van der Waals surface area contributed by atoms with Crippen molar-refractivity contribution in [3.63, 3.8) is 0 Å². The zero-order valence-corrected chi connectivity index (χ0v) is 13.1. The molecule has 2 nitrogen and oxygen atoms in total. The van der Waals surface area contributed by atoms with E-state index in [1.165, 1.54) is 6.07 Å². The van der Waals surface area contributed by atoms with Crippen LogP contribution in [0.3, 0.4) is 0 Å². The molecule has 0 fully saturated rings. The second-order valence-electron chi connectivity index (χ2n) is 4.09. The van der Waals surface area contributed by atoms with Crippen LogP contribution in [0.5, 0.6) is 0 Å². The third-order valence-electron chi connectivity index (χ3n) is 2.22. The molecular formula is C12H15FIO2Si. The van der Waals surface area contributed by atoms with Crippen LogP contribution in [0.1, 0.15) is 5.56 Å². The molecule has 0 saturated carbocycles. The van der Waals surface area contributed by atoms with E-state index in [1.807, 2.05) is 22.6 Å². The second-order valence-corrected chi connectivity index (χ2v) is 8.25. The summed E-state index contributed by atoms with van der Waals surface area (Å²) in [5.74, 6) is -0.696. The zero-order valence-electron chi connectivity index (χ0n) is 9.93. The van der Waals surface area contributed by atoms with Gasteiger partial charge in [0, 0.05) is 12.4 Å². The molecular weight excluding hydrogens is 350 g/mol. The van der Waals surface area contributed by atoms with Crippen LogP contribution in [0.15, 0.2) is 18.2 Å². The monoisotopic (exact) mass is 365 g/mol. The molecule has 1 aromatic rings. The minimum Gasteiger partial charge on any atom is -0.466 e. The van der Waals surface area contributed by atoms with Crippen molar-refractivity contribution in [3.05, 3.63) is 33.1 Å². The van der Waals surface area contributed by atoms with Crippen molar-refractivity contribution >= 4 is 37.4 Å². The van der Waals surface area contributed by atoms with Crippen molar-refractivity contribution in [2.75, 3.05) is 6.61 Å². The molecule has 1 radical (unpaired) electrons. The lowest BCUT2D eigenvalue weighted by molar-refractivity contribution is -0.142. The molecule has 0 aliphatic rings. The maximum atomic E-state index is 13.5. The molecule has 0 aliphatic heterocycles. The van der Waals surface area contributed by atoms with Crippen LogP contribution in [0.4, 0.5) is 4.39 Å². The number of hydrogen-bond acceptors (Lipinski definition) is 2. The molecule has 0 amide bonds. The first-order valence-electron chi connectivity index (χ1n) is 5.37. The highest BCUT2D eigenvalue weighted by molar-refractivity contribution is 14.1. The standard InChI is InChI=1S/C12H15FIO2Si/c1-17(2)6-5-16-12(15)7-9-3-4-10(14)8-11(9)13/h3-4,8H,5-7H2,1-2H3. The number of carbonyl (C=O) groups is 1. The third kappa shape index (κ3) is 5.63. The average molecular weight is 365 g/mol. The van der Waals surface area contributed by atoms with Gasteiger partial charge in [0.05, 0.1) is 13.0 Å². The van der Waals surface area contributed by atoms with Crippen molar-refractivity contribution < 1.29 is 13.9 Å². The van der Waals surface area contributed by atoms with Gasteiger partial charge in [0.2, 0.25) is 0 Å². The molecule has 0 N–H and O–H groups in total. The molecule has 0 aromatic heterocycles. The predicted octanol–water partition coefficient (Wildman–Crippen LogP) is 3.27. The Labute approximate surface area is 116 Å². The van der Waals surface area contributed by atoms with Gasteiger partial charge in [-0.05, 0) is 46.3 Å². The number of esters is 1. The number of halogens is 2. The Hall–Kier alpha value is -0.433. The van der Waals surface area contributed by atoms with E-state index in [0.717, 1.165) is 9.61 Å². The number of carbonyl (C=O) groups excluding carboxylic acids is 1. The Kier molecular flexibility index (Phi) is 6.11. The molecule has 5 heteroatoms. The lowest BCUT2D eigenvalue weighted by atomic mass is 10.1. The fourth-order valence-electron chi connectivity index (χ4n) is 1.24. The topological polar surface area (TPSA) is 26.3 Å². The minimum absolute atomic E-state index is 0.0122. The second kappa shape index (κ2) is 7.10. The van der Waals surface area contributed by atoms with Crippen LogP contribution in [-0.2, 0) is 16.0 Å². The summed E-state index contributed by atoms with van der Waals surface area (Å²) in [4.78, 5) is 11.5. The number of hydrogen-bond donors (Lipinski definition) is 0. The maximum Gasteiger partial charge on any atom is 0.310 e. The highest BCUT2D eigenvalue weighted by Crippen LogP contribution is 2.13. The Balaban J connectivity index is 2.45. The Morgan fingerprint density at radius 2 is 2.18 bits per heavy atom. The van der Waals surface area contributed by atoms with Crippen LogP contribution >= 0.6 is 22.6 Å². The minimum atomic E-state index is -0.368. The largest absolute Gasteiger partial charge is 0.466 e. The summed E-state index contributed by atoms with van der Waals surface area (Å²) in [5, 5.41) is 0. The molecule has 0 aliphatic carbocycles. The summed E-state index contributed by atoms with van der Waals surface area (Å²) in [5.41, 5.74) is 0.397. The molecule has 17 heavy (non-hydrogen) atoms. The van der Waals surface area contributed by atoms with E-state index >= 15 is 0 Å². The van der Waals surface area contributed by atoms with Gasteiger partial charge in [-0.1, -0.05) is 19.2 Å². The van der Waals surface area contributed by atoms with Gasteiger partial charge >= 0.3 is 5.97 Å². The number of rotatable bonds is 5. The molecule has 0 heterocycles. The van der Waals surface area contributed by atoms with Crippen molar-refractivity contribution in [3.8, 4) is 0 Å². The molecule has 0 saturated heterocycles. The van der Waals surface area contributed by atoms with Gasteiger partial charge in [0.25, 0.3) is 0 Å². The Bertz CT molecular complexity index is 396. The highest BCUT2D eigenvalue weighted by Gasteiger charge is 2.10. The van der Waals surface area contributed by atoms with Gasteiger partial charge in [-0.15, -0.1) is 0 Å². The maximum absolute atomic E-state index is 13.5. The summed E-state index contributed by atoms with van der Waals surface area (Å²) in [7, 11) is -0.368. The molecule has 93 valence electrons. The molecule has 0 bridgehead atoms. The first-order chi connectivity index (χ1) is 7.99. The normalized spacial score (nSPS) is 10.6. The SMILES string of the molecule is C[Si](C)CCOC(=O)Cc1ccc(I)cc1F. The smallest absolute Gasteiger partial charge is 0.310 e. The summed E-state index contributed by atoms with van der Waals surface area (Å²) >= 11 is 2.03. The van der Waals surface area contributed by atoms with E-state index in [4.69, 9.17) is 4.74 Å². The van der Waals surface area contributed by atoms with Crippen LogP contribution in [0.25, 0.3) is 0 Å². The quantitative estimate of drug-likeness (QED) is 0.455. The van der Waals surface area contributed by atoms with E-state index in [9.17, 15) is 9.18 Å². The van der Waals surface area contributed by atoms with Gasteiger partial charge in [-0.3, -0.25) is 4.79 Å².